The molecule has 2 rings (SSSR count). The third-order valence-corrected chi connectivity index (χ3v) is 2.84. The van der Waals surface area contributed by atoms with Crippen LogP contribution in [0.5, 0.6) is 0 Å². The molecule has 0 fully saturated rings. The first kappa shape index (κ1) is 12.3. The van der Waals surface area contributed by atoms with E-state index in [1.54, 1.807) is 0 Å². The molecule has 0 amide bonds. The highest BCUT2D eigenvalue weighted by molar-refractivity contribution is 5.62. The molecule has 0 aliphatic heterocycles. The summed E-state index contributed by atoms with van der Waals surface area (Å²) in [5, 5.41) is 18.2. The van der Waals surface area contributed by atoms with Crippen molar-refractivity contribution in [2.75, 3.05) is 6.61 Å². The number of hydrogen-bond donors (Lipinski definition) is 1. The molecule has 2 aromatic rings. The second-order valence-corrected chi connectivity index (χ2v) is 4.08. The molecule has 0 bridgehead atoms. The van der Waals surface area contributed by atoms with Crippen molar-refractivity contribution in [3.8, 4) is 17.3 Å². The van der Waals surface area contributed by atoms with Crippen molar-refractivity contribution in [1.29, 1.82) is 5.26 Å². The van der Waals surface area contributed by atoms with Gasteiger partial charge >= 0.3 is 0 Å². The van der Waals surface area contributed by atoms with E-state index >= 15 is 0 Å². The Morgan fingerprint density at radius 2 is 2.00 bits per heavy atom. The van der Waals surface area contributed by atoms with Crippen molar-refractivity contribution in [1.82, 2.24) is 4.98 Å². The molecule has 0 saturated heterocycles. The standard InChI is InChI=1S/C15H14N2O/c1-11-14(10-16)13(7-8-18)9-15(17-11)12-5-3-2-4-6-12/h2-6,9,18H,7-8H2,1H3. The van der Waals surface area contributed by atoms with Crippen LogP contribution in [0.25, 0.3) is 11.3 Å². The summed E-state index contributed by atoms with van der Waals surface area (Å²) in [5.74, 6) is 0. The first-order valence-corrected chi connectivity index (χ1v) is 5.83. The number of nitrogens with zero attached hydrogens (tertiary/aromatic N) is 2. The minimum Gasteiger partial charge on any atom is -0.396 e. The van der Waals surface area contributed by atoms with Gasteiger partial charge in [0.1, 0.15) is 6.07 Å². The van der Waals surface area contributed by atoms with Gasteiger partial charge in [0.05, 0.1) is 17.0 Å². The number of nitriles is 1. The molecular formula is C15H14N2O. The highest BCUT2D eigenvalue weighted by atomic mass is 16.2. The number of aliphatic hydroxyl groups is 1. The van der Waals surface area contributed by atoms with Crippen molar-refractivity contribution < 1.29 is 5.11 Å². The minimum atomic E-state index is 0.0341. The molecule has 0 radical (unpaired) electrons. The van der Waals surface area contributed by atoms with Crippen molar-refractivity contribution in [3.63, 3.8) is 0 Å². The maximum Gasteiger partial charge on any atom is 0.101 e. The fourth-order valence-electron chi connectivity index (χ4n) is 1.97. The summed E-state index contributed by atoms with van der Waals surface area (Å²) in [4.78, 5) is 4.45. The predicted molar refractivity (Wildman–Crippen MR) is 69.9 cm³/mol. The molecule has 18 heavy (non-hydrogen) atoms. The third kappa shape index (κ3) is 2.39. The molecule has 1 aromatic carbocycles. The SMILES string of the molecule is Cc1nc(-c2ccccc2)cc(CCO)c1C#N. The van der Waals surface area contributed by atoms with Gasteiger partial charge in [-0.05, 0) is 25.0 Å². The summed E-state index contributed by atoms with van der Waals surface area (Å²) >= 11 is 0. The van der Waals surface area contributed by atoms with Gasteiger partial charge in [-0.15, -0.1) is 0 Å². The predicted octanol–water partition coefficient (Wildman–Crippen LogP) is 2.46. The fourth-order valence-corrected chi connectivity index (χ4v) is 1.97. The van der Waals surface area contributed by atoms with E-state index in [2.05, 4.69) is 11.1 Å². The highest BCUT2D eigenvalue weighted by Crippen LogP contribution is 2.22. The monoisotopic (exact) mass is 238 g/mol. The van der Waals surface area contributed by atoms with Gasteiger partial charge in [-0.1, -0.05) is 30.3 Å². The summed E-state index contributed by atoms with van der Waals surface area (Å²) in [7, 11) is 0. The zero-order chi connectivity index (χ0) is 13.0. The molecule has 0 unspecified atom stereocenters. The van der Waals surface area contributed by atoms with E-state index in [1.807, 2.05) is 43.3 Å². The van der Waals surface area contributed by atoms with Crippen LogP contribution in [0, 0.1) is 18.3 Å². The largest absolute Gasteiger partial charge is 0.396 e. The lowest BCUT2D eigenvalue weighted by molar-refractivity contribution is 0.299. The Labute approximate surface area is 106 Å². The number of aliphatic hydroxyl groups excluding tert-OH is 1. The molecule has 0 spiro atoms. The summed E-state index contributed by atoms with van der Waals surface area (Å²) in [6.07, 6.45) is 0.478. The number of aryl methyl sites for hydroxylation is 1. The zero-order valence-electron chi connectivity index (χ0n) is 10.2. The van der Waals surface area contributed by atoms with E-state index < -0.39 is 0 Å². The summed E-state index contributed by atoms with van der Waals surface area (Å²) in [5.41, 5.74) is 4.00. The third-order valence-electron chi connectivity index (χ3n) is 2.84. The maximum atomic E-state index is 9.12. The minimum absolute atomic E-state index is 0.0341. The Morgan fingerprint density at radius 3 is 2.61 bits per heavy atom. The van der Waals surface area contributed by atoms with Gasteiger partial charge < -0.3 is 5.11 Å². The van der Waals surface area contributed by atoms with Crippen molar-refractivity contribution in [2.24, 2.45) is 0 Å². The number of rotatable bonds is 3. The molecule has 0 aliphatic carbocycles. The summed E-state index contributed by atoms with van der Waals surface area (Å²) in [6, 6.07) is 13.9. The second-order valence-electron chi connectivity index (χ2n) is 4.08. The van der Waals surface area contributed by atoms with Gasteiger partial charge in [-0.2, -0.15) is 5.26 Å². The first-order valence-electron chi connectivity index (χ1n) is 5.83. The van der Waals surface area contributed by atoms with Gasteiger partial charge in [0, 0.05) is 12.2 Å². The van der Waals surface area contributed by atoms with Gasteiger partial charge in [0.15, 0.2) is 0 Å². The lowest BCUT2D eigenvalue weighted by atomic mass is 10.0. The van der Waals surface area contributed by atoms with E-state index in [0.717, 1.165) is 16.8 Å². The molecule has 0 saturated carbocycles. The molecule has 1 N–H and O–H groups in total. The van der Waals surface area contributed by atoms with Crippen LogP contribution in [-0.4, -0.2) is 16.7 Å². The molecule has 90 valence electrons. The van der Waals surface area contributed by atoms with Gasteiger partial charge in [0.25, 0.3) is 0 Å². The summed E-state index contributed by atoms with van der Waals surface area (Å²) < 4.78 is 0. The van der Waals surface area contributed by atoms with E-state index in [-0.39, 0.29) is 6.61 Å². The molecular weight excluding hydrogens is 224 g/mol. The topological polar surface area (TPSA) is 56.9 Å². The van der Waals surface area contributed by atoms with Crippen molar-refractivity contribution in [3.05, 3.63) is 53.2 Å². The average molecular weight is 238 g/mol. The smallest absolute Gasteiger partial charge is 0.101 e. The van der Waals surface area contributed by atoms with Crippen LogP contribution in [0.2, 0.25) is 0 Å². The van der Waals surface area contributed by atoms with Crippen LogP contribution < -0.4 is 0 Å². The number of benzene rings is 1. The van der Waals surface area contributed by atoms with E-state index in [4.69, 9.17) is 10.4 Å². The van der Waals surface area contributed by atoms with E-state index in [0.29, 0.717) is 17.7 Å². The van der Waals surface area contributed by atoms with Gasteiger partial charge in [-0.3, -0.25) is 4.98 Å². The first-order chi connectivity index (χ1) is 8.76. The number of aromatic nitrogens is 1. The lowest BCUT2D eigenvalue weighted by Gasteiger charge is -2.09. The Morgan fingerprint density at radius 1 is 1.28 bits per heavy atom. The van der Waals surface area contributed by atoms with Crippen LogP contribution in [0.3, 0.4) is 0 Å². The Bertz CT molecular complexity index is 585. The molecule has 3 heteroatoms. The van der Waals surface area contributed by atoms with Crippen LogP contribution in [0.4, 0.5) is 0 Å². The Balaban J connectivity index is 2.55. The molecule has 0 aliphatic rings. The van der Waals surface area contributed by atoms with Crippen molar-refractivity contribution in [2.45, 2.75) is 13.3 Å². The van der Waals surface area contributed by atoms with Gasteiger partial charge in [-0.25, -0.2) is 0 Å². The number of pyridine rings is 1. The average Bonchev–Trinajstić information content (AvgIpc) is 2.40. The zero-order valence-corrected chi connectivity index (χ0v) is 10.2. The lowest BCUT2D eigenvalue weighted by Crippen LogP contribution is -2.01. The fraction of sp³-hybridized carbons (Fsp3) is 0.200. The molecule has 3 nitrogen and oxygen atoms in total. The van der Waals surface area contributed by atoms with Crippen LogP contribution in [-0.2, 0) is 6.42 Å². The molecule has 1 aromatic heterocycles. The maximum absolute atomic E-state index is 9.12. The molecule has 1 heterocycles. The Hall–Kier alpha value is -2.18. The van der Waals surface area contributed by atoms with Crippen LogP contribution in [0.1, 0.15) is 16.8 Å². The van der Waals surface area contributed by atoms with Crippen LogP contribution in [0.15, 0.2) is 36.4 Å². The quantitative estimate of drug-likeness (QED) is 0.893. The molecule has 0 atom stereocenters. The normalized spacial score (nSPS) is 10.1. The number of hydrogen-bond acceptors (Lipinski definition) is 3. The van der Waals surface area contributed by atoms with Crippen LogP contribution >= 0.6 is 0 Å². The highest BCUT2D eigenvalue weighted by Gasteiger charge is 2.10. The van der Waals surface area contributed by atoms with E-state index in [1.165, 1.54) is 0 Å². The summed E-state index contributed by atoms with van der Waals surface area (Å²) in [6.45, 7) is 1.86. The Kier molecular flexibility index (Phi) is 3.71. The second kappa shape index (κ2) is 5.44. The van der Waals surface area contributed by atoms with E-state index in [9.17, 15) is 0 Å². The van der Waals surface area contributed by atoms with Gasteiger partial charge in [0.2, 0.25) is 0 Å². The van der Waals surface area contributed by atoms with Crippen molar-refractivity contribution >= 4 is 0 Å².